The maximum Gasteiger partial charge on any atom is 0.0911 e. The first kappa shape index (κ1) is 19.0. The highest BCUT2D eigenvalue weighted by atomic mass is 32.2. The zero-order valence-corrected chi connectivity index (χ0v) is 18.4. The molecule has 3 aliphatic rings. The van der Waals surface area contributed by atoms with Crippen molar-refractivity contribution in [3.05, 3.63) is 34.4 Å². The van der Waals surface area contributed by atoms with Crippen LogP contribution in [0.5, 0.6) is 0 Å². The van der Waals surface area contributed by atoms with Crippen molar-refractivity contribution in [1.82, 2.24) is 0 Å². The maximum atomic E-state index is 5.13. The molecule has 0 aromatic heterocycles. The standard InChI is InChI=1S/C21H30N2S2/c1-13-9-14(2)21(12-20(5,6)23-18(21)25-8)16-10-17(24-7)22-19(3,4)11-15(13)16/h9-10H,11-12H2,1-8H3. The molecule has 1 unspecified atom stereocenters. The molecule has 0 aromatic carbocycles. The van der Waals surface area contributed by atoms with Crippen molar-refractivity contribution >= 4 is 33.6 Å². The number of hydrogen-bond donors (Lipinski definition) is 0. The first-order chi connectivity index (χ1) is 11.5. The van der Waals surface area contributed by atoms with Gasteiger partial charge in [-0.05, 0) is 89.7 Å². The summed E-state index contributed by atoms with van der Waals surface area (Å²) < 4.78 is 0. The number of aliphatic imine (C=N–C) groups is 2. The molecular weight excluding hydrogens is 344 g/mol. The van der Waals surface area contributed by atoms with Gasteiger partial charge in [0.1, 0.15) is 0 Å². The Bertz CT molecular complexity index is 763. The zero-order chi connectivity index (χ0) is 18.6. The van der Waals surface area contributed by atoms with E-state index in [4.69, 9.17) is 9.98 Å². The van der Waals surface area contributed by atoms with Crippen LogP contribution in [0.4, 0.5) is 0 Å². The highest BCUT2D eigenvalue weighted by molar-refractivity contribution is 8.14. The zero-order valence-electron chi connectivity index (χ0n) is 16.8. The SMILES string of the molecule is CSC1=NC(C)(C)CC2=C(C)C=C(C)C3(CC(C)(C)N=C3SC)C2=C1. The van der Waals surface area contributed by atoms with Gasteiger partial charge in [-0.3, -0.25) is 9.98 Å². The number of fused-ring (bicyclic) bond motifs is 2. The van der Waals surface area contributed by atoms with Gasteiger partial charge in [0.15, 0.2) is 0 Å². The van der Waals surface area contributed by atoms with Crippen LogP contribution in [0.1, 0.15) is 54.4 Å². The molecule has 4 heteroatoms. The van der Waals surface area contributed by atoms with Gasteiger partial charge >= 0.3 is 0 Å². The van der Waals surface area contributed by atoms with E-state index < -0.39 is 0 Å². The molecule has 3 rings (SSSR count). The van der Waals surface area contributed by atoms with Crippen molar-refractivity contribution in [2.45, 2.75) is 65.5 Å². The van der Waals surface area contributed by atoms with Gasteiger partial charge in [0.05, 0.1) is 26.6 Å². The second kappa shape index (κ2) is 6.16. The molecule has 2 heterocycles. The molecule has 2 nitrogen and oxygen atoms in total. The van der Waals surface area contributed by atoms with Crippen LogP contribution in [-0.2, 0) is 0 Å². The van der Waals surface area contributed by atoms with Gasteiger partial charge in [-0.1, -0.05) is 11.6 Å². The highest BCUT2D eigenvalue weighted by Crippen LogP contribution is 2.58. The lowest BCUT2D eigenvalue weighted by molar-refractivity contribution is 0.419. The van der Waals surface area contributed by atoms with Crippen LogP contribution >= 0.6 is 23.5 Å². The van der Waals surface area contributed by atoms with Crippen LogP contribution in [0.3, 0.4) is 0 Å². The Hall–Kier alpha value is -0.740. The Morgan fingerprint density at radius 3 is 2.20 bits per heavy atom. The molecule has 25 heavy (non-hydrogen) atoms. The molecule has 1 atom stereocenters. The second-order valence-corrected chi connectivity index (χ2v) is 10.3. The van der Waals surface area contributed by atoms with Crippen molar-refractivity contribution in [3.8, 4) is 0 Å². The first-order valence-electron chi connectivity index (χ1n) is 8.94. The summed E-state index contributed by atoms with van der Waals surface area (Å²) in [4.78, 5) is 10.2. The summed E-state index contributed by atoms with van der Waals surface area (Å²) in [6, 6.07) is 0. The van der Waals surface area contributed by atoms with E-state index >= 15 is 0 Å². The predicted molar refractivity (Wildman–Crippen MR) is 116 cm³/mol. The third kappa shape index (κ3) is 3.10. The van der Waals surface area contributed by atoms with Crippen LogP contribution in [0.2, 0.25) is 0 Å². The maximum absolute atomic E-state index is 5.13. The molecule has 1 spiro atoms. The smallest absolute Gasteiger partial charge is 0.0911 e. The van der Waals surface area contributed by atoms with Gasteiger partial charge in [-0.15, -0.1) is 23.5 Å². The minimum Gasteiger partial charge on any atom is -0.276 e. The Morgan fingerprint density at radius 2 is 1.60 bits per heavy atom. The van der Waals surface area contributed by atoms with Gasteiger partial charge in [0, 0.05) is 0 Å². The van der Waals surface area contributed by atoms with Crippen LogP contribution in [0.25, 0.3) is 0 Å². The van der Waals surface area contributed by atoms with E-state index in [1.807, 2.05) is 11.8 Å². The summed E-state index contributed by atoms with van der Waals surface area (Å²) in [6.07, 6.45) is 11.1. The Labute approximate surface area is 161 Å². The van der Waals surface area contributed by atoms with Crippen LogP contribution in [0, 0.1) is 5.41 Å². The van der Waals surface area contributed by atoms with Gasteiger partial charge in [0.25, 0.3) is 0 Å². The van der Waals surface area contributed by atoms with E-state index in [2.05, 4.69) is 66.2 Å². The van der Waals surface area contributed by atoms with Crippen LogP contribution in [0.15, 0.2) is 44.4 Å². The van der Waals surface area contributed by atoms with Crippen molar-refractivity contribution in [1.29, 1.82) is 0 Å². The molecular formula is C21H30N2S2. The fraction of sp³-hybridized carbons (Fsp3) is 0.619. The number of nitrogens with zero attached hydrogens (tertiary/aromatic N) is 2. The van der Waals surface area contributed by atoms with Crippen molar-refractivity contribution in [2.75, 3.05) is 12.5 Å². The molecule has 0 N–H and O–H groups in total. The lowest BCUT2D eigenvalue weighted by Gasteiger charge is -2.41. The second-order valence-electron chi connectivity index (χ2n) is 8.71. The number of thioether (sulfide) groups is 2. The van der Waals surface area contributed by atoms with Gasteiger partial charge in [0.2, 0.25) is 0 Å². The van der Waals surface area contributed by atoms with Crippen molar-refractivity contribution in [3.63, 3.8) is 0 Å². The minimum atomic E-state index is -0.0747. The summed E-state index contributed by atoms with van der Waals surface area (Å²) >= 11 is 3.57. The number of hydrogen-bond acceptors (Lipinski definition) is 4. The van der Waals surface area contributed by atoms with Crippen molar-refractivity contribution in [2.24, 2.45) is 15.4 Å². The normalized spacial score (nSPS) is 30.4. The van der Waals surface area contributed by atoms with E-state index in [0.29, 0.717) is 0 Å². The van der Waals surface area contributed by atoms with Gasteiger partial charge < -0.3 is 0 Å². The lowest BCUT2D eigenvalue weighted by Crippen LogP contribution is -2.36. The van der Waals surface area contributed by atoms with Gasteiger partial charge in [-0.2, -0.15) is 0 Å². The monoisotopic (exact) mass is 374 g/mol. The molecule has 0 amide bonds. The molecule has 0 aromatic rings. The quantitative estimate of drug-likeness (QED) is 0.514. The summed E-state index contributed by atoms with van der Waals surface area (Å²) in [6.45, 7) is 13.6. The summed E-state index contributed by atoms with van der Waals surface area (Å²) in [5, 5.41) is 2.41. The first-order valence-corrected chi connectivity index (χ1v) is 11.4. The van der Waals surface area contributed by atoms with E-state index in [-0.39, 0.29) is 16.5 Å². The van der Waals surface area contributed by atoms with E-state index in [1.54, 1.807) is 11.8 Å². The Morgan fingerprint density at radius 1 is 0.920 bits per heavy atom. The summed E-state index contributed by atoms with van der Waals surface area (Å²) in [5.74, 6) is 0. The third-order valence-electron chi connectivity index (χ3n) is 5.53. The molecule has 2 aliphatic heterocycles. The molecule has 0 radical (unpaired) electrons. The largest absolute Gasteiger partial charge is 0.276 e. The van der Waals surface area contributed by atoms with Crippen molar-refractivity contribution < 1.29 is 0 Å². The lowest BCUT2D eigenvalue weighted by atomic mass is 9.63. The number of rotatable bonds is 0. The average molecular weight is 375 g/mol. The molecule has 1 aliphatic carbocycles. The Kier molecular flexibility index (Phi) is 4.69. The highest BCUT2D eigenvalue weighted by Gasteiger charge is 2.52. The molecule has 136 valence electrons. The molecule has 0 saturated carbocycles. The fourth-order valence-electron chi connectivity index (χ4n) is 4.57. The topological polar surface area (TPSA) is 24.7 Å². The summed E-state index contributed by atoms with van der Waals surface area (Å²) in [7, 11) is 0. The van der Waals surface area contributed by atoms with Crippen LogP contribution in [-0.4, -0.2) is 33.7 Å². The minimum absolute atomic E-state index is 0.0247. The predicted octanol–water partition coefficient (Wildman–Crippen LogP) is 6.06. The van der Waals surface area contributed by atoms with E-state index in [1.165, 1.54) is 27.3 Å². The van der Waals surface area contributed by atoms with Crippen LogP contribution < -0.4 is 0 Å². The molecule has 0 fully saturated rings. The average Bonchev–Trinajstić information content (AvgIpc) is 2.69. The van der Waals surface area contributed by atoms with E-state index in [0.717, 1.165) is 17.9 Å². The van der Waals surface area contributed by atoms with E-state index in [9.17, 15) is 0 Å². The molecule has 0 bridgehead atoms. The summed E-state index contributed by atoms with van der Waals surface area (Å²) in [5.41, 5.74) is 5.57. The fourth-order valence-corrected chi connectivity index (χ4v) is 6.17. The Balaban J connectivity index is 2.28. The third-order valence-corrected chi connectivity index (χ3v) is 6.98. The van der Waals surface area contributed by atoms with Gasteiger partial charge in [-0.25, -0.2) is 0 Å². The number of allylic oxidation sites excluding steroid dienone is 4. The molecule has 0 saturated heterocycles.